The number of nitrogens with one attached hydrogen (secondary N) is 1. The first-order valence-electron chi connectivity index (χ1n) is 6.11. The Balaban J connectivity index is 2.22. The molecule has 0 fully saturated rings. The van der Waals surface area contributed by atoms with Gasteiger partial charge >= 0.3 is 0 Å². The van der Waals surface area contributed by atoms with Gasteiger partial charge in [0.1, 0.15) is 11.5 Å². The normalized spacial score (nSPS) is 12.2. The van der Waals surface area contributed by atoms with Crippen LogP contribution in [0.1, 0.15) is 18.5 Å². The van der Waals surface area contributed by atoms with Gasteiger partial charge in [-0.05, 0) is 43.8 Å². The van der Waals surface area contributed by atoms with E-state index in [9.17, 15) is 0 Å². The van der Waals surface area contributed by atoms with Crippen molar-refractivity contribution in [3.63, 3.8) is 0 Å². The SMILES string of the molecule is CNC(C)c1ccc(Oc2ccc(Cl)c(Cl)c2)cc1Cl. The molecule has 0 spiro atoms. The minimum atomic E-state index is 0.182. The smallest absolute Gasteiger partial charge is 0.129 e. The summed E-state index contributed by atoms with van der Waals surface area (Å²) in [5, 5.41) is 4.75. The van der Waals surface area contributed by atoms with Crippen LogP contribution >= 0.6 is 34.8 Å². The number of halogens is 3. The standard InChI is InChI=1S/C15H14Cl3NO/c1-9(19-2)12-5-3-10(7-14(12)17)20-11-4-6-13(16)15(18)8-11/h3-9,19H,1-2H3. The molecule has 0 amide bonds. The number of benzene rings is 2. The van der Waals surface area contributed by atoms with Crippen molar-refractivity contribution in [3.8, 4) is 11.5 Å². The Morgan fingerprint density at radius 3 is 2.05 bits per heavy atom. The lowest BCUT2D eigenvalue weighted by Gasteiger charge is -2.14. The number of hydrogen-bond acceptors (Lipinski definition) is 2. The average Bonchev–Trinajstić information content (AvgIpc) is 2.42. The van der Waals surface area contributed by atoms with Crippen molar-refractivity contribution in [2.24, 2.45) is 0 Å². The number of ether oxygens (including phenoxy) is 1. The van der Waals surface area contributed by atoms with Crippen LogP contribution in [0.3, 0.4) is 0 Å². The molecule has 2 rings (SSSR count). The fraction of sp³-hybridized carbons (Fsp3) is 0.200. The molecular weight excluding hydrogens is 317 g/mol. The van der Waals surface area contributed by atoms with Gasteiger partial charge in [0, 0.05) is 17.1 Å². The van der Waals surface area contributed by atoms with Gasteiger partial charge in [-0.1, -0.05) is 40.9 Å². The quantitative estimate of drug-likeness (QED) is 0.774. The zero-order valence-electron chi connectivity index (χ0n) is 11.1. The van der Waals surface area contributed by atoms with E-state index in [1.807, 2.05) is 26.1 Å². The highest BCUT2D eigenvalue weighted by atomic mass is 35.5. The van der Waals surface area contributed by atoms with Crippen molar-refractivity contribution in [2.45, 2.75) is 13.0 Å². The lowest BCUT2D eigenvalue weighted by molar-refractivity contribution is 0.482. The monoisotopic (exact) mass is 329 g/mol. The third kappa shape index (κ3) is 3.58. The van der Waals surface area contributed by atoms with Crippen LogP contribution in [0.4, 0.5) is 0 Å². The molecule has 0 heterocycles. The van der Waals surface area contributed by atoms with E-state index in [1.54, 1.807) is 24.3 Å². The van der Waals surface area contributed by atoms with Crippen molar-refractivity contribution in [2.75, 3.05) is 7.05 Å². The minimum absolute atomic E-state index is 0.182. The molecule has 0 aromatic heterocycles. The zero-order valence-corrected chi connectivity index (χ0v) is 13.4. The molecule has 0 saturated carbocycles. The van der Waals surface area contributed by atoms with E-state index in [1.165, 1.54) is 0 Å². The molecule has 0 aliphatic carbocycles. The Kier molecular flexibility index (Phi) is 5.17. The van der Waals surface area contributed by atoms with E-state index < -0.39 is 0 Å². The van der Waals surface area contributed by atoms with Crippen LogP contribution in [-0.4, -0.2) is 7.05 Å². The number of rotatable bonds is 4. The fourth-order valence-corrected chi connectivity index (χ4v) is 2.38. The molecule has 0 aliphatic rings. The fourth-order valence-electron chi connectivity index (χ4n) is 1.75. The maximum Gasteiger partial charge on any atom is 0.129 e. The highest BCUT2D eigenvalue weighted by molar-refractivity contribution is 6.42. The molecular formula is C15H14Cl3NO. The summed E-state index contributed by atoms with van der Waals surface area (Å²) in [4.78, 5) is 0. The Morgan fingerprint density at radius 2 is 1.50 bits per heavy atom. The Hall–Kier alpha value is -0.930. The van der Waals surface area contributed by atoms with Crippen LogP contribution in [0, 0.1) is 0 Å². The molecule has 106 valence electrons. The van der Waals surface area contributed by atoms with Gasteiger partial charge in [-0.15, -0.1) is 0 Å². The first-order chi connectivity index (χ1) is 9.51. The molecule has 1 atom stereocenters. The van der Waals surface area contributed by atoms with Crippen LogP contribution < -0.4 is 10.1 Å². The van der Waals surface area contributed by atoms with Crippen LogP contribution in [0.25, 0.3) is 0 Å². The van der Waals surface area contributed by atoms with Crippen LogP contribution in [0.5, 0.6) is 11.5 Å². The lowest BCUT2D eigenvalue weighted by atomic mass is 10.1. The van der Waals surface area contributed by atoms with E-state index in [4.69, 9.17) is 39.5 Å². The molecule has 1 unspecified atom stereocenters. The molecule has 0 saturated heterocycles. The van der Waals surface area contributed by atoms with E-state index in [0.717, 1.165) is 5.56 Å². The second-order valence-electron chi connectivity index (χ2n) is 4.37. The van der Waals surface area contributed by atoms with Crippen molar-refractivity contribution in [1.29, 1.82) is 0 Å². The largest absolute Gasteiger partial charge is 0.457 e. The molecule has 5 heteroatoms. The van der Waals surface area contributed by atoms with Crippen LogP contribution in [0.2, 0.25) is 15.1 Å². The first kappa shape index (κ1) is 15.5. The third-order valence-electron chi connectivity index (χ3n) is 3.00. The Labute approximate surface area is 133 Å². The van der Waals surface area contributed by atoms with Gasteiger partial charge in [-0.3, -0.25) is 0 Å². The predicted octanol–water partition coefficient (Wildman–Crippen LogP) is 5.72. The average molecular weight is 331 g/mol. The van der Waals surface area contributed by atoms with Gasteiger partial charge in [-0.25, -0.2) is 0 Å². The summed E-state index contributed by atoms with van der Waals surface area (Å²) in [5.41, 5.74) is 1.02. The summed E-state index contributed by atoms with van der Waals surface area (Å²) in [6.07, 6.45) is 0. The minimum Gasteiger partial charge on any atom is -0.457 e. The molecule has 0 bridgehead atoms. The molecule has 2 aromatic rings. The lowest BCUT2D eigenvalue weighted by Crippen LogP contribution is -2.12. The summed E-state index contributed by atoms with van der Waals surface area (Å²) in [6, 6.07) is 10.9. The van der Waals surface area contributed by atoms with Gasteiger partial charge in [0.15, 0.2) is 0 Å². The van der Waals surface area contributed by atoms with Crippen molar-refractivity contribution in [3.05, 3.63) is 57.0 Å². The topological polar surface area (TPSA) is 21.3 Å². The van der Waals surface area contributed by atoms with E-state index in [-0.39, 0.29) is 6.04 Å². The maximum absolute atomic E-state index is 6.26. The summed E-state index contributed by atoms with van der Waals surface area (Å²) < 4.78 is 5.72. The van der Waals surface area contributed by atoms with Crippen molar-refractivity contribution in [1.82, 2.24) is 5.32 Å². The molecule has 2 nitrogen and oxygen atoms in total. The summed E-state index contributed by atoms with van der Waals surface area (Å²) in [5.74, 6) is 1.27. The Morgan fingerprint density at radius 1 is 0.900 bits per heavy atom. The van der Waals surface area contributed by atoms with Crippen molar-refractivity contribution < 1.29 is 4.74 Å². The maximum atomic E-state index is 6.26. The molecule has 0 radical (unpaired) electrons. The summed E-state index contributed by atoms with van der Waals surface area (Å²) >= 11 is 18.1. The van der Waals surface area contributed by atoms with E-state index >= 15 is 0 Å². The third-order valence-corrected chi connectivity index (χ3v) is 4.06. The highest BCUT2D eigenvalue weighted by Gasteiger charge is 2.09. The van der Waals surface area contributed by atoms with Crippen molar-refractivity contribution >= 4 is 34.8 Å². The second kappa shape index (κ2) is 6.68. The van der Waals surface area contributed by atoms with Crippen LogP contribution in [0.15, 0.2) is 36.4 Å². The Bertz CT molecular complexity index is 616. The summed E-state index contributed by atoms with van der Waals surface area (Å²) in [6.45, 7) is 2.04. The van der Waals surface area contributed by atoms with E-state index in [2.05, 4.69) is 5.32 Å². The predicted molar refractivity (Wildman–Crippen MR) is 85.5 cm³/mol. The molecule has 20 heavy (non-hydrogen) atoms. The first-order valence-corrected chi connectivity index (χ1v) is 7.24. The van der Waals surface area contributed by atoms with E-state index in [0.29, 0.717) is 26.6 Å². The molecule has 1 N–H and O–H groups in total. The second-order valence-corrected chi connectivity index (χ2v) is 5.59. The van der Waals surface area contributed by atoms with Gasteiger partial charge in [0.2, 0.25) is 0 Å². The summed E-state index contributed by atoms with van der Waals surface area (Å²) in [7, 11) is 1.89. The highest BCUT2D eigenvalue weighted by Crippen LogP contribution is 2.32. The van der Waals surface area contributed by atoms with Gasteiger partial charge in [0.25, 0.3) is 0 Å². The zero-order chi connectivity index (χ0) is 14.7. The number of hydrogen-bond donors (Lipinski definition) is 1. The molecule has 2 aromatic carbocycles. The molecule has 0 aliphatic heterocycles. The van der Waals surface area contributed by atoms with Gasteiger partial charge < -0.3 is 10.1 Å². The van der Waals surface area contributed by atoms with Gasteiger partial charge in [-0.2, -0.15) is 0 Å². The van der Waals surface area contributed by atoms with Crippen LogP contribution in [-0.2, 0) is 0 Å². The van der Waals surface area contributed by atoms with Gasteiger partial charge in [0.05, 0.1) is 10.0 Å².